The fraction of sp³-hybridized carbons (Fsp3) is 0.308. The average Bonchev–Trinajstić information content (AvgIpc) is 2.83. The van der Waals surface area contributed by atoms with Gasteiger partial charge in [0, 0.05) is 18.6 Å². The van der Waals surface area contributed by atoms with E-state index in [0.29, 0.717) is 19.0 Å². The van der Waals surface area contributed by atoms with Crippen molar-refractivity contribution in [2.75, 3.05) is 25.1 Å². The van der Waals surface area contributed by atoms with Crippen LogP contribution in [0.2, 0.25) is 0 Å². The van der Waals surface area contributed by atoms with Gasteiger partial charge in [-0.15, -0.1) is 0 Å². The molecule has 0 bridgehead atoms. The zero-order valence-electron chi connectivity index (χ0n) is 11.7. The predicted molar refractivity (Wildman–Crippen MR) is 82.8 cm³/mol. The number of aromatic nitrogens is 2. The molecule has 1 aromatic carbocycles. The Balaban J connectivity index is 1.96. The number of rotatable bonds is 6. The van der Waals surface area contributed by atoms with Crippen molar-refractivity contribution in [1.82, 2.24) is 9.55 Å². The Bertz CT molecular complexity index is 627. The molecule has 2 rings (SSSR count). The van der Waals surface area contributed by atoms with Crippen LogP contribution >= 0.6 is 15.9 Å². The maximum Gasteiger partial charge on any atom is 0.406 e. The first-order valence-electron chi connectivity index (χ1n) is 6.24. The zero-order valence-corrected chi connectivity index (χ0v) is 13.3. The van der Waals surface area contributed by atoms with E-state index in [1.165, 1.54) is 6.33 Å². The number of aryl methyl sites for hydroxylation is 1. The maximum atomic E-state index is 10.9. The first kappa shape index (κ1) is 15.3. The van der Waals surface area contributed by atoms with E-state index in [1.54, 1.807) is 23.6 Å². The fourth-order valence-corrected chi connectivity index (χ4v) is 2.18. The molecule has 0 saturated heterocycles. The number of halogens is 1. The van der Waals surface area contributed by atoms with Crippen molar-refractivity contribution in [3.8, 4) is 5.75 Å². The number of hydrogen-bond acceptors (Lipinski definition) is 5. The highest BCUT2D eigenvalue weighted by molar-refractivity contribution is 9.10. The molecule has 0 fully saturated rings. The summed E-state index contributed by atoms with van der Waals surface area (Å²) in [5.41, 5.74) is 0. The van der Waals surface area contributed by atoms with Crippen LogP contribution in [-0.2, 0) is 7.05 Å². The highest BCUT2D eigenvalue weighted by atomic mass is 79.9. The Morgan fingerprint density at radius 1 is 1.43 bits per heavy atom. The van der Waals surface area contributed by atoms with Crippen LogP contribution in [0.1, 0.15) is 0 Å². The Labute approximate surface area is 130 Å². The average molecular weight is 355 g/mol. The van der Waals surface area contributed by atoms with Crippen LogP contribution in [0, 0.1) is 10.1 Å². The van der Waals surface area contributed by atoms with Gasteiger partial charge in [0.25, 0.3) is 0 Å². The van der Waals surface area contributed by atoms with Crippen molar-refractivity contribution in [3.63, 3.8) is 0 Å². The van der Waals surface area contributed by atoms with Crippen molar-refractivity contribution in [2.45, 2.75) is 0 Å². The fourth-order valence-electron chi connectivity index (χ4n) is 1.92. The molecule has 0 aliphatic carbocycles. The molecule has 21 heavy (non-hydrogen) atoms. The highest BCUT2D eigenvalue weighted by Crippen LogP contribution is 2.24. The molecular formula is C13H15BrN4O3. The van der Waals surface area contributed by atoms with Gasteiger partial charge in [0.1, 0.15) is 12.4 Å². The van der Waals surface area contributed by atoms with Crippen LogP contribution in [0.4, 0.5) is 11.6 Å². The summed E-state index contributed by atoms with van der Waals surface area (Å²) >= 11 is 3.36. The van der Waals surface area contributed by atoms with E-state index >= 15 is 0 Å². The molecular weight excluding hydrogens is 340 g/mol. The van der Waals surface area contributed by atoms with Gasteiger partial charge in [-0.1, -0.05) is 15.9 Å². The summed E-state index contributed by atoms with van der Waals surface area (Å²) in [4.78, 5) is 16.0. The molecule has 0 unspecified atom stereocenters. The summed E-state index contributed by atoms with van der Waals surface area (Å²) in [5.74, 6) is 1.06. The maximum absolute atomic E-state index is 10.9. The van der Waals surface area contributed by atoms with E-state index in [9.17, 15) is 10.1 Å². The molecule has 0 saturated carbocycles. The second-order valence-corrected chi connectivity index (χ2v) is 5.40. The summed E-state index contributed by atoms with van der Waals surface area (Å²) in [6, 6.07) is 7.50. The Hall–Kier alpha value is -2.09. The third kappa shape index (κ3) is 3.72. The van der Waals surface area contributed by atoms with Gasteiger partial charge >= 0.3 is 5.82 Å². The topological polar surface area (TPSA) is 73.4 Å². The molecule has 2 aromatic rings. The third-order valence-corrected chi connectivity index (χ3v) is 3.46. The molecule has 112 valence electrons. The van der Waals surface area contributed by atoms with E-state index in [2.05, 4.69) is 20.9 Å². The van der Waals surface area contributed by atoms with Crippen LogP contribution in [0.5, 0.6) is 5.75 Å². The molecule has 1 aromatic heterocycles. The lowest BCUT2D eigenvalue weighted by atomic mass is 10.3. The van der Waals surface area contributed by atoms with Gasteiger partial charge in [0.2, 0.25) is 12.1 Å². The summed E-state index contributed by atoms with van der Waals surface area (Å²) < 4.78 is 8.21. The molecule has 0 aliphatic rings. The minimum absolute atomic E-state index is 0.149. The lowest BCUT2D eigenvalue weighted by Crippen LogP contribution is -2.26. The SMILES string of the molecule is CN(CCOc1ccc(Br)cc1)c1c([N+](=O)[O-])ncn1C. The Morgan fingerprint density at radius 3 is 2.71 bits per heavy atom. The second-order valence-electron chi connectivity index (χ2n) is 4.48. The number of ether oxygens (including phenoxy) is 1. The molecule has 0 spiro atoms. The minimum Gasteiger partial charge on any atom is -0.492 e. The van der Waals surface area contributed by atoms with E-state index in [0.717, 1.165) is 10.2 Å². The second kappa shape index (κ2) is 6.57. The molecule has 0 amide bonds. The van der Waals surface area contributed by atoms with Gasteiger partial charge in [-0.05, 0) is 34.2 Å². The van der Waals surface area contributed by atoms with Crippen molar-refractivity contribution in [3.05, 3.63) is 45.2 Å². The number of nitro groups is 1. The smallest absolute Gasteiger partial charge is 0.406 e. The van der Waals surface area contributed by atoms with E-state index in [-0.39, 0.29) is 5.82 Å². The normalized spacial score (nSPS) is 10.4. The quantitative estimate of drug-likeness (QED) is 0.588. The predicted octanol–water partition coefficient (Wildman–Crippen LogP) is 2.61. The molecule has 0 atom stereocenters. The standard InChI is InChI=1S/C13H15BrN4O3/c1-16(13-12(18(19)20)15-9-17(13)2)7-8-21-11-5-3-10(14)4-6-11/h3-6,9H,7-8H2,1-2H3. The van der Waals surface area contributed by atoms with Crippen LogP contribution < -0.4 is 9.64 Å². The molecule has 0 aliphatic heterocycles. The van der Waals surface area contributed by atoms with Crippen LogP contribution in [0.15, 0.2) is 35.1 Å². The first-order valence-corrected chi connectivity index (χ1v) is 7.03. The van der Waals surface area contributed by atoms with E-state index in [4.69, 9.17) is 4.74 Å². The van der Waals surface area contributed by atoms with Crippen LogP contribution in [-0.4, -0.2) is 34.7 Å². The van der Waals surface area contributed by atoms with Gasteiger partial charge in [0.15, 0.2) is 0 Å². The lowest BCUT2D eigenvalue weighted by molar-refractivity contribution is -0.388. The van der Waals surface area contributed by atoms with Gasteiger partial charge in [-0.2, -0.15) is 0 Å². The number of imidazole rings is 1. The third-order valence-electron chi connectivity index (χ3n) is 2.93. The van der Waals surface area contributed by atoms with Crippen molar-refractivity contribution < 1.29 is 9.66 Å². The minimum atomic E-state index is -0.485. The number of likely N-dealkylation sites (N-methyl/N-ethyl adjacent to an activating group) is 1. The lowest BCUT2D eigenvalue weighted by Gasteiger charge is -2.18. The van der Waals surface area contributed by atoms with Gasteiger partial charge < -0.3 is 19.8 Å². The molecule has 1 heterocycles. The number of hydrogen-bond donors (Lipinski definition) is 0. The van der Waals surface area contributed by atoms with Crippen molar-refractivity contribution >= 4 is 27.6 Å². The summed E-state index contributed by atoms with van der Waals surface area (Å²) in [5, 5.41) is 10.9. The van der Waals surface area contributed by atoms with Crippen LogP contribution in [0.3, 0.4) is 0 Å². The monoisotopic (exact) mass is 354 g/mol. The number of nitrogens with zero attached hydrogens (tertiary/aromatic N) is 4. The molecule has 0 radical (unpaired) electrons. The Kier molecular flexibility index (Phi) is 4.79. The van der Waals surface area contributed by atoms with Gasteiger partial charge in [-0.3, -0.25) is 4.57 Å². The molecule has 0 N–H and O–H groups in total. The van der Waals surface area contributed by atoms with Crippen molar-refractivity contribution in [2.24, 2.45) is 7.05 Å². The van der Waals surface area contributed by atoms with Crippen LogP contribution in [0.25, 0.3) is 0 Å². The van der Waals surface area contributed by atoms with E-state index in [1.807, 2.05) is 24.3 Å². The van der Waals surface area contributed by atoms with Gasteiger partial charge in [-0.25, -0.2) is 0 Å². The largest absolute Gasteiger partial charge is 0.492 e. The Morgan fingerprint density at radius 2 is 2.10 bits per heavy atom. The molecule has 8 heteroatoms. The van der Waals surface area contributed by atoms with Gasteiger partial charge in [0.05, 0.1) is 6.54 Å². The summed E-state index contributed by atoms with van der Waals surface area (Å²) in [6.45, 7) is 0.927. The number of anilines is 1. The number of benzene rings is 1. The summed E-state index contributed by atoms with van der Waals surface area (Å²) in [7, 11) is 3.50. The zero-order chi connectivity index (χ0) is 15.4. The van der Waals surface area contributed by atoms with E-state index < -0.39 is 4.92 Å². The first-order chi connectivity index (χ1) is 9.99. The highest BCUT2D eigenvalue weighted by Gasteiger charge is 2.23. The van der Waals surface area contributed by atoms with Crippen molar-refractivity contribution in [1.29, 1.82) is 0 Å². The molecule has 7 nitrogen and oxygen atoms in total. The summed E-state index contributed by atoms with van der Waals surface area (Å²) in [6.07, 6.45) is 1.43.